The molecule has 2 aliphatic rings. The van der Waals surface area contributed by atoms with E-state index in [4.69, 9.17) is 18.7 Å². The molecule has 0 aliphatic carbocycles. The van der Waals surface area contributed by atoms with Crippen LogP contribution in [0, 0.1) is 0 Å². The van der Waals surface area contributed by atoms with Crippen LogP contribution in [0.2, 0.25) is 0 Å². The zero-order valence-electron chi connectivity index (χ0n) is 24.3. The maximum absolute atomic E-state index is 14.0. The van der Waals surface area contributed by atoms with Crippen LogP contribution in [0.25, 0.3) is 5.69 Å². The summed E-state index contributed by atoms with van der Waals surface area (Å²) >= 11 is 0. The van der Waals surface area contributed by atoms with E-state index in [1.165, 1.54) is 19.2 Å². The molecule has 9 heteroatoms. The van der Waals surface area contributed by atoms with Crippen molar-refractivity contribution in [2.45, 2.75) is 25.7 Å². The van der Waals surface area contributed by atoms with Crippen LogP contribution < -0.4 is 20.3 Å². The molecule has 3 aromatic rings. The molecule has 2 N–H and O–H groups in total. The molecule has 1 saturated heterocycles. The van der Waals surface area contributed by atoms with E-state index in [9.17, 15) is 14.4 Å². The van der Waals surface area contributed by atoms with Crippen molar-refractivity contribution in [3.63, 3.8) is 0 Å². The molecule has 0 unspecified atom stereocenters. The number of nitrogens with two attached hydrogens (primary N) is 1. The third-order valence-corrected chi connectivity index (χ3v) is 5.78. The molecule has 1 fully saturated rings. The normalized spacial score (nSPS) is 19.9. The molecule has 2 aromatic carbocycles. The van der Waals surface area contributed by atoms with Crippen LogP contribution in [0.1, 0.15) is 54.0 Å². The highest BCUT2D eigenvalue weighted by molar-refractivity contribution is 6.09. The molecule has 174 valence electrons. The van der Waals surface area contributed by atoms with Crippen LogP contribution in [0.5, 0.6) is 5.75 Å². The van der Waals surface area contributed by atoms with Gasteiger partial charge < -0.3 is 20.3 Å². The number of carbonyl (C=O) groups excluding carboxylic acids is 3. The van der Waals surface area contributed by atoms with Gasteiger partial charge in [0.05, 0.1) is 21.0 Å². The lowest BCUT2D eigenvalue weighted by Gasteiger charge is -2.29. The van der Waals surface area contributed by atoms with Gasteiger partial charge in [-0.25, -0.2) is 4.68 Å². The first-order valence-electron chi connectivity index (χ1n) is 13.7. The number of primary amides is 1. The van der Waals surface area contributed by atoms with Gasteiger partial charge in [-0.2, -0.15) is 5.10 Å². The molecule has 9 nitrogen and oxygen atoms in total. The molecule has 0 radical (unpaired) electrons. The van der Waals surface area contributed by atoms with Crippen molar-refractivity contribution in [1.82, 2.24) is 9.78 Å². The Hall–Kier alpha value is -4.14. The summed E-state index contributed by atoms with van der Waals surface area (Å²) in [5.41, 5.74) is 5.02. The topological polar surface area (TPSA) is 111 Å². The first kappa shape index (κ1) is 15.7. The molecule has 34 heavy (non-hydrogen) atoms. The van der Waals surface area contributed by atoms with Gasteiger partial charge in [0.25, 0.3) is 11.8 Å². The fourth-order valence-electron chi connectivity index (χ4n) is 4.10. The van der Waals surface area contributed by atoms with Gasteiger partial charge in [-0.05, 0) is 67.7 Å². The van der Waals surface area contributed by atoms with E-state index in [2.05, 4.69) is 5.10 Å². The molecule has 0 bridgehead atoms. The third kappa shape index (κ3) is 3.68. The van der Waals surface area contributed by atoms with E-state index >= 15 is 0 Å². The molecule has 0 atom stereocenters. The number of aromatic nitrogens is 2. The van der Waals surface area contributed by atoms with Gasteiger partial charge in [0.1, 0.15) is 11.4 Å². The summed E-state index contributed by atoms with van der Waals surface area (Å²) in [6.45, 7) is -1.78. The summed E-state index contributed by atoms with van der Waals surface area (Å²) in [6.07, 6.45) is 1.62. The Labute approximate surface area is 205 Å². The molecular formula is C25H25N5O4. The number of piperidine rings is 1. The predicted molar refractivity (Wildman–Crippen MR) is 127 cm³/mol. The minimum Gasteiger partial charge on any atom is -0.497 e. The van der Waals surface area contributed by atoms with E-state index in [0.717, 1.165) is 22.4 Å². The third-order valence-electron chi connectivity index (χ3n) is 5.78. The van der Waals surface area contributed by atoms with Crippen LogP contribution in [0.3, 0.4) is 0 Å². The molecule has 5 rings (SSSR count). The fourth-order valence-corrected chi connectivity index (χ4v) is 4.10. The van der Waals surface area contributed by atoms with Gasteiger partial charge in [0.15, 0.2) is 5.69 Å². The summed E-state index contributed by atoms with van der Waals surface area (Å²) in [6, 6.07) is 4.05. The average molecular weight is 466 g/mol. The number of anilines is 2. The summed E-state index contributed by atoms with van der Waals surface area (Å²) in [4.78, 5) is 41.1. The summed E-state index contributed by atoms with van der Waals surface area (Å²) in [7, 11) is 1.20. The van der Waals surface area contributed by atoms with Crippen LogP contribution in [0.15, 0.2) is 48.4 Å². The van der Waals surface area contributed by atoms with Gasteiger partial charge in [-0.15, -0.1) is 0 Å². The number of hydrogen-bond acceptors (Lipinski definition) is 5. The fraction of sp³-hybridized carbons (Fsp3) is 0.280. The highest BCUT2D eigenvalue weighted by Gasteiger charge is 2.34. The Morgan fingerprint density at radius 3 is 2.32 bits per heavy atom. The minimum absolute atomic E-state index is 0.0182. The molecule has 3 heterocycles. The zero-order valence-corrected chi connectivity index (χ0v) is 18.3. The van der Waals surface area contributed by atoms with Crippen molar-refractivity contribution in [3.05, 3.63) is 65.4 Å². The van der Waals surface area contributed by atoms with Crippen LogP contribution in [-0.2, 0) is 11.2 Å². The SMILES string of the molecule is [2H]c1c([2H])c(-n2nc(C(N)=O)c3c2C(=O)N(c2ccc(N4CCCCC4=O)cc2)C([2H])([2H])C3)c([2H])c([2H])c1OC. The number of nitrogens with zero attached hydrogens (tertiary/aromatic N) is 4. The Kier molecular flexibility index (Phi) is 3.99. The smallest absolute Gasteiger partial charge is 0.277 e. The van der Waals surface area contributed by atoms with Gasteiger partial charge in [-0.3, -0.25) is 14.4 Å². The van der Waals surface area contributed by atoms with E-state index in [1.807, 2.05) is 0 Å². The number of ether oxygens (including phenoxy) is 1. The first-order valence-corrected chi connectivity index (χ1v) is 10.7. The number of carbonyl (C=O) groups is 3. The highest BCUT2D eigenvalue weighted by Crippen LogP contribution is 2.31. The number of hydrogen-bond donors (Lipinski definition) is 1. The van der Waals surface area contributed by atoms with Crippen molar-refractivity contribution in [1.29, 1.82) is 0 Å². The van der Waals surface area contributed by atoms with Gasteiger partial charge in [0.2, 0.25) is 5.91 Å². The number of methoxy groups -OCH3 is 1. The van der Waals surface area contributed by atoms with E-state index in [-0.39, 0.29) is 28.6 Å². The van der Waals surface area contributed by atoms with E-state index in [0.29, 0.717) is 18.7 Å². The monoisotopic (exact) mass is 465 g/mol. The van der Waals surface area contributed by atoms with E-state index < -0.39 is 60.3 Å². The summed E-state index contributed by atoms with van der Waals surface area (Å²) in [5, 5.41) is 4.08. The second kappa shape index (κ2) is 8.66. The predicted octanol–water partition coefficient (Wildman–Crippen LogP) is 2.70. The Bertz CT molecular complexity index is 1540. The molecule has 2 aliphatic heterocycles. The lowest BCUT2D eigenvalue weighted by Crippen LogP contribution is -2.39. The van der Waals surface area contributed by atoms with Crippen molar-refractivity contribution >= 4 is 29.1 Å². The van der Waals surface area contributed by atoms with Crippen molar-refractivity contribution in [3.8, 4) is 11.4 Å². The molecule has 0 spiro atoms. The van der Waals surface area contributed by atoms with Crippen molar-refractivity contribution in [2.24, 2.45) is 5.73 Å². The summed E-state index contributed by atoms with van der Waals surface area (Å²) < 4.78 is 56.6. The largest absolute Gasteiger partial charge is 0.497 e. The maximum atomic E-state index is 14.0. The van der Waals surface area contributed by atoms with Gasteiger partial charge in [0, 0.05) is 36.4 Å². The van der Waals surface area contributed by atoms with Gasteiger partial charge in [-0.1, -0.05) is 0 Å². The van der Waals surface area contributed by atoms with Crippen LogP contribution in [-0.4, -0.2) is 47.7 Å². The van der Waals surface area contributed by atoms with Crippen molar-refractivity contribution < 1.29 is 27.3 Å². The number of rotatable bonds is 5. The summed E-state index contributed by atoms with van der Waals surface area (Å²) in [5.74, 6) is -2.31. The Morgan fingerprint density at radius 2 is 1.71 bits per heavy atom. The Balaban J connectivity index is 1.66. The molecular weight excluding hydrogens is 434 g/mol. The number of fused-ring (bicyclic) bond motifs is 1. The highest BCUT2D eigenvalue weighted by atomic mass is 16.5. The Morgan fingerprint density at radius 1 is 1.03 bits per heavy atom. The minimum atomic E-state index is -2.33. The van der Waals surface area contributed by atoms with Gasteiger partial charge >= 0.3 is 0 Å². The van der Waals surface area contributed by atoms with E-state index in [1.54, 1.807) is 17.0 Å². The molecule has 1 aromatic heterocycles. The maximum Gasteiger partial charge on any atom is 0.277 e. The molecule has 0 saturated carbocycles. The lowest BCUT2D eigenvalue weighted by atomic mass is 10.0. The average Bonchev–Trinajstić information content (AvgIpc) is 3.27. The number of benzene rings is 2. The quantitative estimate of drug-likeness (QED) is 0.623. The standard InChI is InChI=1S/C25H25N5O4/c1-34-19-11-9-18(10-12-19)30-23-20(22(27-30)24(26)32)13-15-29(25(23)33)17-7-5-16(6-8-17)28-14-3-2-4-21(28)31/h5-12H,2-4,13-15H2,1H3,(H2,26,32)/i9D,10D,11D,12D,15D2. The molecule has 3 amide bonds. The lowest BCUT2D eigenvalue weighted by molar-refractivity contribution is -0.119. The second-order valence-corrected chi connectivity index (χ2v) is 7.83. The first-order chi connectivity index (χ1) is 18.9. The zero-order chi connectivity index (χ0) is 29.1. The second-order valence-electron chi connectivity index (χ2n) is 7.83. The van der Waals surface area contributed by atoms with Crippen LogP contribution in [0.4, 0.5) is 11.4 Å². The number of amides is 3. The van der Waals surface area contributed by atoms with Crippen molar-refractivity contribution in [2.75, 3.05) is 30.0 Å². The van der Waals surface area contributed by atoms with Crippen LogP contribution >= 0.6 is 0 Å².